The van der Waals surface area contributed by atoms with E-state index in [4.69, 9.17) is 10.5 Å². The zero-order chi connectivity index (χ0) is 9.56. The van der Waals surface area contributed by atoms with Crippen LogP contribution in [0.5, 0.6) is 0 Å². The molecule has 0 rings (SSSR count). The van der Waals surface area contributed by atoms with E-state index >= 15 is 0 Å². The van der Waals surface area contributed by atoms with E-state index in [2.05, 4.69) is 0 Å². The fraction of sp³-hybridized carbons (Fsp3) is 0.889. The van der Waals surface area contributed by atoms with Crippen molar-refractivity contribution < 1.29 is 11.0 Å². The first-order chi connectivity index (χ1) is 5.63. The summed E-state index contributed by atoms with van der Waals surface area (Å²) < 4.78 is 5.33. The molecular weight excluding hydrogens is 154 g/mol. The van der Waals surface area contributed by atoms with E-state index in [1.807, 2.05) is 20.8 Å². The Bertz CT molecular complexity index is 142. The third-order valence-electron chi connectivity index (χ3n) is 1.94. The summed E-state index contributed by atoms with van der Waals surface area (Å²) in [5.74, 6) is -0.133. The van der Waals surface area contributed by atoms with Gasteiger partial charge in [0.2, 0.25) is 5.91 Å². The van der Waals surface area contributed by atoms with Crippen LogP contribution < -0.4 is 5.73 Å². The second-order valence-electron chi connectivity index (χ2n) is 3.08. The Morgan fingerprint density at radius 1 is 1.58 bits per heavy atom. The minimum Gasteiger partial charge on any atom is -0.368 e. The quantitative estimate of drug-likeness (QED) is 0.666. The minimum absolute atomic E-state index is 0. The van der Waals surface area contributed by atoms with E-state index < -0.39 is 6.10 Å². The second-order valence-corrected chi connectivity index (χ2v) is 3.08. The van der Waals surface area contributed by atoms with Crippen LogP contribution in [0.15, 0.2) is 0 Å². The van der Waals surface area contributed by atoms with Crippen molar-refractivity contribution in [2.45, 2.75) is 39.7 Å². The summed E-state index contributed by atoms with van der Waals surface area (Å²) in [5.41, 5.74) is 5.19. The largest absolute Gasteiger partial charge is 0.368 e. The van der Waals surface area contributed by atoms with Gasteiger partial charge < -0.3 is 10.5 Å². The van der Waals surface area contributed by atoms with Gasteiger partial charge in [0.1, 0.15) is 6.10 Å². The van der Waals surface area contributed by atoms with Crippen LogP contribution in [-0.4, -0.2) is 18.6 Å². The highest BCUT2D eigenvalue weighted by Crippen LogP contribution is 2.11. The lowest BCUT2D eigenvalue weighted by Gasteiger charge is -2.19. The van der Waals surface area contributed by atoms with Gasteiger partial charge in [-0.25, -0.2) is 0 Å². The molecule has 0 heterocycles. The molecule has 0 aromatic heterocycles. The lowest BCUT2D eigenvalue weighted by Crippen LogP contribution is -2.36. The smallest absolute Gasteiger partial charge is 0.246 e. The molecule has 3 heteroatoms. The van der Waals surface area contributed by atoms with Crippen LogP contribution in [0.25, 0.3) is 0 Å². The van der Waals surface area contributed by atoms with Crippen molar-refractivity contribution in [2.24, 2.45) is 11.7 Å². The van der Waals surface area contributed by atoms with Gasteiger partial charge in [0.25, 0.3) is 0 Å². The van der Waals surface area contributed by atoms with Gasteiger partial charge in [-0.15, -0.1) is 0 Å². The van der Waals surface area contributed by atoms with E-state index in [9.17, 15) is 4.79 Å². The normalized spacial score (nSPS) is 15.6. The van der Waals surface area contributed by atoms with Gasteiger partial charge in [0.15, 0.2) is 0 Å². The first kappa shape index (κ1) is 11.4. The van der Waals surface area contributed by atoms with Gasteiger partial charge in [-0.2, -0.15) is 0 Å². The molecule has 0 aliphatic rings. The van der Waals surface area contributed by atoms with Crippen LogP contribution in [0.4, 0.5) is 0 Å². The summed E-state index contributed by atoms with van der Waals surface area (Å²) in [4.78, 5) is 10.9. The van der Waals surface area contributed by atoms with E-state index in [0.717, 1.165) is 12.8 Å². The molecule has 0 aromatic rings. The van der Waals surface area contributed by atoms with Crippen molar-refractivity contribution in [3.8, 4) is 0 Å². The van der Waals surface area contributed by atoms with Gasteiger partial charge >= 0.3 is 0 Å². The Hall–Kier alpha value is -0.570. The van der Waals surface area contributed by atoms with E-state index in [1.54, 1.807) is 0 Å². The standard InChI is InChI=1S/C9H19NO2.H2/c1-4-6-12-8(9(10)11)7(3)5-2;/h7-8H,4-6H2,1-3H3,(H2,10,11);1H. The molecule has 0 spiro atoms. The number of amides is 1. The average molecular weight is 175 g/mol. The van der Waals surface area contributed by atoms with Crippen molar-refractivity contribution in [3.05, 3.63) is 0 Å². The Labute approximate surface area is 75.8 Å². The van der Waals surface area contributed by atoms with Crippen molar-refractivity contribution in [1.29, 1.82) is 0 Å². The third kappa shape index (κ3) is 3.72. The van der Waals surface area contributed by atoms with Crippen molar-refractivity contribution in [2.75, 3.05) is 6.61 Å². The minimum atomic E-state index is -0.407. The summed E-state index contributed by atoms with van der Waals surface area (Å²) in [6.07, 6.45) is 1.42. The fourth-order valence-corrected chi connectivity index (χ4v) is 0.986. The number of hydrogen-bond donors (Lipinski definition) is 1. The molecule has 3 nitrogen and oxygen atoms in total. The molecule has 0 saturated carbocycles. The average Bonchev–Trinajstić information content (AvgIpc) is 2.04. The summed E-state index contributed by atoms with van der Waals surface area (Å²) in [6.45, 7) is 6.62. The first-order valence-electron chi connectivity index (χ1n) is 4.54. The third-order valence-corrected chi connectivity index (χ3v) is 1.94. The summed E-state index contributed by atoms with van der Waals surface area (Å²) in [6, 6.07) is 0. The molecule has 2 atom stereocenters. The number of carbonyl (C=O) groups is 1. The highest BCUT2D eigenvalue weighted by atomic mass is 16.5. The lowest BCUT2D eigenvalue weighted by molar-refractivity contribution is -0.132. The number of hydrogen-bond acceptors (Lipinski definition) is 2. The number of rotatable bonds is 6. The van der Waals surface area contributed by atoms with Gasteiger partial charge in [-0.05, 0) is 12.3 Å². The molecule has 0 aromatic carbocycles. The van der Waals surface area contributed by atoms with Gasteiger partial charge in [0.05, 0.1) is 0 Å². The molecule has 0 bridgehead atoms. The first-order valence-corrected chi connectivity index (χ1v) is 4.54. The maximum atomic E-state index is 10.9. The van der Waals surface area contributed by atoms with Crippen molar-refractivity contribution in [3.63, 3.8) is 0 Å². The molecule has 74 valence electrons. The molecule has 0 aliphatic heterocycles. The van der Waals surface area contributed by atoms with Gasteiger partial charge in [-0.3, -0.25) is 4.79 Å². The van der Waals surface area contributed by atoms with E-state index in [1.165, 1.54) is 0 Å². The Morgan fingerprint density at radius 3 is 2.50 bits per heavy atom. The van der Waals surface area contributed by atoms with Crippen LogP contribution in [0.3, 0.4) is 0 Å². The molecule has 0 saturated heterocycles. The lowest BCUT2D eigenvalue weighted by atomic mass is 10.0. The SMILES string of the molecule is CCCOC(C(N)=O)C(C)CC.[HH]. The highest BCUT2D eigenvalue weighted by molar-refractivity contribution is 5.79. The zero-order valence-corrected chi connectivity index (χ0v) is 8.17. The molecule has 2 N–H and O–H groups in total. The maximum Gasteiger partial charge on any atom is 0.246 e. The van der Waals surface area contributed by atoms with Crippen LogP contribution in [0, 0.1) is 5.92 Å². The number of ether oxygens (including phenoxy) is 1. The van der Waals surface area contributed by atoms with E-state index in [0.29, 0.717) is 6.61 Å². The van der Waals surface area contributed by atoms with Crippen LogP contribution in [0.2, 0.25) is 0 Å². The Morgan fingerprint density at radius 2 is 2.17 bits per heavy atom. The monoisotopic (exact) mass is 175 g/mol. The zero-order valence-electron chi connectivity index (χ0n) is 8.17. The van der Waals surface area contributed by atoms with Crippen molar-refractivity contribution >= 4 is 5.91 Å². The topological polar surface area (TPSA) is 52.3 Å². The molecule has 12 heavy (non-hydrogen) atoms. The van der Waals surface area contributed by atoms with E-state index in [-0.39, 0.29) is 13.3 Å². The molecule has 0 fully saturated rings. The fourth-order valence-electron chi connectivity index (χ4n) is 0.986. The number of carbonyl (C=O) groups excluding carboxylic acids is 1. The van der Waals surface area contributed by atoms with Crippen molar-refractivity contribution in [1.82, 2.24) is 0 Å². The van der Waals surface area contributed by atoms with Gasteiger partial charge in [0, 0.05) is 8.03 Å². The molecule has 2 unspecified atom stereocenters. The van der Waals surface area contributed by atoms with Crippen LogP contribution in [-0.2, 0) is 9.53 Å². The maximum absolute atomic E-state index is 10.9. The Balaban J connectivity index is 0. The highest BCUT2D eigenvalue weighted by Gasteiger charge is 2.21. The molecule has 0 aliphatic carbocycles. The Kier molecular flexibility index (Phi) is 5.72. The predicted octanol–water partition coefficient (Wildman–Crippen LogP) is 1.56. The van der Waals surface area contributed by atoms with Crippen LogP contribution in [0.1, 0.15) is 35.0 Å². The molecular formula is C9H21NO2. The summed E-state index contributed by atoms with van der Waals surface area (Å²) >= 11 is 0. The number of primary amides is 1. The predicted molar refractivity (Wildman–Crippen MR) is 50.8 cm³/mol. The summed E-state index contributed by atoms with van der Waals surface area (Å²) in [5, 5.41) is 0. The summed E-state index contributed by atoms with van der Waals surface area (Å²) in [7, 11) is 0. The van der Waals surface area contributed by atoms with Crippen LogP contribution >= 0.6 is 0 Å². The van der Waals surface area contributed by atoms with Gasteiger partial charge in [-0.1, -0.05) is 27.2 Å². The molecule has 1 amide bonds. The number of nitrogens with two attached hydrogens (primary N) is 1. The second kappa shape index (κ2) is 6.00. The molecule has 0 radical (unpaired) electrons.